The first kappa shape index (κ1) is 13.1. The Hall–Kier alpha value is -1.87. The van der Waals surface area contributed by atoms with E-state index in [1.807, 2.05) is 18.3 Å². The van der Waals surface area contributed by atoms with Gasteiger partial charge in [-0.15, -0.1) is 0 Å². The number of para-hydroxylation sites is 1. The van der Waals surface area contributed by atoms with Crippen LogP contribution in [0.25, 0.3) is 0 Å². The zero-order valence-electron chi connectivity index (χ0n) is 12.0. The molecule has 2 atom stereocenters. The van der Waals surface area contributed by atoms with E-state index < -0.39 is 6.10 Å². The molecule has 1 unspecified atom stereocenters. The standard InChI is InChI=1S/C17H20N2O/c1-12-9-14-5-3-4-6-17(14)19(11-12)15-7-8-16(13(2)20)18-10-15/h3-8,10,12-13,20H,9,11H2,1-2H3/t12?,13-/m1/s1. The third kappa shape index (κ3) is 2.41. The Balaban J connectivity index is 1.97. The lowest BCUT2D eigenvalue weighted by atomic mass is 9.93. The molecule has 20 heavy (non-hydrogen) atoms. The van der Waals surface area contributed by atoms with E-state index in [1.165, 1.54) is 11.3 Å². The topological polar surface area (TPSA) is 36.4 Å². The number of benzene rings is 1. The van der Waals surface area contributed by atoms with Crippen LogP contribution in [0.4, 0.5) is 11.4 Å². The quantitative estimate of drug-likeness (QED) is 0.906. The van der Waals surface area contributed by atoms with Crippen molar-refractivity contribution in [2.75, 3.05) is 11.4 Å². The normalized spacial score (nSPS) is 19.6. The number of rotatable bonds is 2. The Labute approximate surface area is 119 Å². The summed E-state index contributed by atoms with van der Waals surface area (Å²) < 4.78 is 0. The van der Waals surface area contributed by atoms with E-state index in [0.717, 1.165) is 18.7 Å². The highest BCUT2D eigenvalue weighted by molar-refractivity contribution is 5.67. The first-order valence-electron chi connectivity index (χ1n) is 7.14. The molecule has 2 heterocycles. The van der Waals surface area contributed by atoms with Crippen LogP contribution in [0.5, 0.6) is 0 Å². The minimum Gasteiger partial charge on any atom is -0.387 e. The maximum Gasteiger partial charge on any atom is 0.0931 e. The number of aliphatic hydroxyl groups is 1. The molecule has 1 aromatic carbocycles. The Morgan fingerprint density at radius 1 is 1.25 bits per heavy atom. The van der Waals surface area contributed by atoms with Gasteiger partial charge in [0, 0.05) is 12.2 Å². The molecule has 0 radical (unpaired) electrons. The highest BCUT2D eigenvalue weighted by atomic mass is 16.3. The van der Waals surface area contributed by atoms with Crippen molar-refractivity contribution in [2.24, 2.45) is 5.92 Å². The predicted molar refractivity (Wildman–Crippen MR) is 81.2 cm³/mol. The minimum absolute atomic E-state index is 0.517. The maximum atomic E-state index is 9.55. The average Bonchev–Trinajstić information content (AvgIpc) is 2.46. The van der Waals surface area contributed by atoms with Gasteiger partial charge in [-0.05, 0) is 43.0 Å². The predicted octanol–water partition coefficient (Wildman–Crippen LogP) is 3.47. The summed E-state index contributed by atoms with van der Waals surface area (Å²) in [6.07, 6.45) is 2.47. The van der Waals surface area contributed by atoms with E-state index in [9.17, 15) is 5.11 Å². The lowest BCUT2D eigenvalue weighted by molar-refractivity contribution is 0.194. The molecule has 3 heteroatoms. The summed E-state index contributed by atoms with van der Waals surface area (Å²) in [5, 5.41) is 9.55. The maximum absolute atomic E-state index is 9.55. The molecule has 3 nitrogen and oxygen atoms in total. The number of nitrogens with zero attached hydrogens (tertiary/aromatic N) is 2. The van der Waals surface area contributed by atoms with Crippen molar-refractivity contribution in [3.63, 3.8) is 0 Å². The number of pyridine rings is 1. The van der Waals surface area contributed by atoms with Gasteiger partial charge in [0.1, 0.15) is 0 Å². The highest BCUT2D eigenvalue weighted by Crippen LogP contribution is 2.35. The van der Waals surface area contributed by atoms with Gasteiger partial charge in [0.2, 0.25) is 0 Å². The largest absolute Gasteiger partial charge is 0.387 e. The summed E-state index contributed by atoms with van der Waals surface area (Å²) in [6, 6.07) is 12.5. The van der Waals surface area contributed by atoms with Gasteiger partial charge in [0.15, 0.2) is 0 Å². The minimum atomic E-state index is -0.517. The Kier molecular flexibility index (Phi) is 3.45. The van der Waals surface area contributed by atoms with Crippen molar-refractivity contribution in [3.8, 4) is 0 Å². The van der Waals surface area contributed by atoms with Gasteiger partial charge >= 0.3 is 0 Å². The lowest BCUT2D eigenvalue weighted by Gasteiger charge is -2.34. The number of hydrogen-bond acceptors (Lipinski definition) is 3. The van der Waals surface area contributed by atoms with E-state index >= 15 is 0 Å². The summed E-state index contributed by atoms with van der Waals surface area (Å²) in [6.45, 7) is 5.02. The van der Waals surface area contributed by atoms with Gasteiger partial charge in [0.25, 0.3) is 0 Å². The second kappa shape index (κ2) is 5.25. The number of fused-ring (bicyclic) bond motifs is 1. The zero-order valence-corrected chi connectivity index (χ0v) is 12.0. The molecule has 1 aliphatic heterocycles. The second-order valence-electron chi connectivity index (χ2n) is 5.67. The van der Waals surface area contributed by atoms with Crippen LogP contribution in [0.2, 0.25) is 0 Å². The average molecular weight is 268 g/mol. The SMILES string of the molecule is CC1Cc2ccccc2N(c2ccc([C@@H](C)O)nc2)C1. The fraction of sp³-hybridized carbons (Fsp3) is 0.353. The van der Waals surface area contributed by atoms with Crippen molar-refractivity contribution in [2.45, 2.75) is 26.4 Å². The van der Waals surface area contributed by atoms with Gasteiger partial charge < -0.3 is 10.0 Å². The van der Waals surface area contributed by atoms with Gasteiger partial charge in [-0.2, -0.15) is 0 Å². The molecule has 0 aliphatic carbocycles. The Bertz CT molecular complexity index is 592. The Morgan fingerprint density at radius 3 is 2.75 bits per heavy atom. The van der Waals surface area contributed by atoms with E-state index in [1.54, 1.807) is 6.92 Å². The van der Waals surface area contributed by atoms with Gasteiger partial charge in [-0.3, -0.25) is 4.98 Å². The fourth-order valence-corrected chi connectivity index (χ4v) is 2.85. The molecule has 0 saturated carbocycles. The van der Waals surface area contributed by atoms with Gasteiger partial charge in [0.05, 0.1) is 23.7 Å². The van der Waals surface area contributed by atoms with Crippen LogP contribution < -0.4 is 4.90 Å². The van der Waals surface area contributed by atoms with Crippen LogP contribution in [-0.2, 0) is 6.42 Å². The molecular weight excluding hydrogens is 248 g/mol. The number of aliphatic hydroxyl groups excluding tert-OH is 1. The summed E-state index contributed by atoms with van der Waals surface area (Å²) >= 11 is 0. The first-order chi connectivity index (χ1) is 9.65. The van der Waals surface area contributed by atoms with E-state index in [0.29, 0.717) is 11.6 Å². The monoisotopic (exact) mass is 268 g/mol. The van der Waals surface area contributed by atoms with Crippen molar-refractivity contribution in [1.29, 1.82) is 0 Å². The van der Waals surface area contributed by atoms with E-state index in [2.05, 4.69) is 41.1 Å². The van der Waals surface area contributed by atoms with Crippen LogP contribution in [0.15, 0.2) is 42.6 Å². The highest BCUT2D eigenvalue weighted by Gasteiger charge is 2.22. The molecule has 3 rings (SSSR count). The van der Waals surface area contributed by atoms with Crippen molar-refractivity contribution < 1.29 is 5.11 Å². The molecule has 0 saturated heterocycles. The second-order valence-corrected chi connectivity index (χ2v) is 5.67. The molecular formula is C17H20N2O. The van der Waals surface area contributed by atoms with Crippen molar-refractivity contribution in [3.05, 3.63) is 53.9 Å². The van der Waals surface area contributed by atoms with Crippen LogP contribution in [0.3, 0.4) is 0 Å². The molecule has 0 fully saturated rings. The molecule has 2 aromatic rings. The van der Waals surface area contributed by atoms with Crippen molar-refractivity contribution >= 4 is 11.4 Å². The number of hydrogen-bond donors (Lipinski definition) is 1. The third-order valence-electron chi connectivity index (χ3n) is 3.86. The summed E-state index contributed by atoms with van der Waals surface area (Å²) in [5.41, 5.74) is 4.48. The van der Waals surface area contributed by atoms with E-state index in [4.69, 9.17) is 0 Å². The number of anilines is 2. The first-order valence-corrected chi connectivity index (χ1v) is 7.14. The van der Waals surface area contributed by atoms with Gasteiger partial charge in [-0.25, -0.2) is 0 Å². The van der Waals surface area contributed by atoms with Gasteiger partial charge in [-0.1, -0.05) is 25.1 Å². The molecule has 0 amide bonds. The van der Waals surface area contributed by atoms with Crippen LogP contribution in [-0.4, -0.2) is 16.6 Å². The molecule has 1 aliphatic rings. The smallest absolute Gasteiger partial charge is 0.0931 e. The molecule has 1 N–H and O–H groups in total. The summed E-state index contributed by atoms with van der Waals surface area (Å²) in [7, 11) is 0. The van der Waals surface area contributed by atoms with Crippen molar-refractivity contribution in [1.82, 2.24) is 4.98 Å². The fourth-order valence-electron chi connectivity index (χ4n) is 2.85. The van der Waals surface area contributed by atoms with Crippen LogP contribution >= 0.6 is 0 Å². The molecule has 0 bridgehead atoms. The Morgan fingerprint density at radius 2 is 2.05 bits per heavy atom. The third-order valence-corrected chi connectivity index (χ3v) is 3.86. The van der Waals surface area contributed by atoms with E-state index in [-0.39, 0.29) is 0 Å². The van der Waals surface area contributed by atoms with Crippen LogP contribution in [0.1, 0.15) is 31.2 Å². The molecule has 0 spiro atoms. The molecule has 1 aromatic heterocycles. The number of aromatic nitrogens is 1. The summed E-state index contributed by atoms with van der Waals surface area (Å²) in [4.78, 5) is 6.68. The lowest BCUT2D eigenvalue weighted by Crippen LogP contribution is -2.30. The summed E-state index contributed by atoms with van der Waals surface area (Å²) in [5.74, 6) is 0.626. The molecule has 104 valence electrons. The van der Waals surface area contributed by atoms with Crippen LogP contribution in [0, 0.1) is 5.92 Å². The zero-order chi connectivity index (χ0) is 14.1.